The van der Waals surface area contributed by atoms with E-state index in [0.29, 0.717) is 19.0 Å². The van der Waals surface area contributed by atoms with Crippen LogP contribution in [0.1, 0.15) is 0 Å². The number of rotatable bonds is 5. The Morgan fingerprint density at radius 2 is 2.05 bits per heavy atom. The van der Waals surface area contributed by atoms with Crippen molar-refractivity contribution in [3.63, 3.8) is 0 Å². The van der Waals surface area contributed by atoms with Crippen LogP contribution in [0.2, 0.25) is 0 Å². The van der Waals surface area contributed by atoms with Gasteiger partial charge >= 0.3 is 6.08 Å². The highest BCUT2D eigenvalue weighted by atomic mass is 16.6. The van der Waals surface area contributed by atoms with Crippen molar-refractivity contribution in [2.75, 3.05) is 6.61 Å². The monoisotopic (exact) mass is 256 g/mol. The van der Waals surface area contributed by atoms with E-state index in [0.717, 1.165) is 5.56 Å². The van der Waals surface area contributed by atoms with E-state index in [1.165, 1.54) is 0 Å². The number of benzene rings is 1. The van der Waals surface area contributed by atoms with Crippen LogP contribution >= 0.6 is 0 Å². The van der Waals surface area contributed by atoms with Gasteiger partial charge in [0, 0.05) is 18.0 Å². The molecule has 0 aliphatic heterocycles. The number of ether oxygens (including phenoxy) is 1. The van der Waals surface area contributed by atoms with E-state index >= 15 is 0 Å². The smallest absolute Gasteiger partial charge is 0.414 e. The van der Waals surface area contributed by atoms with Crippen molar-refractivity contribution in [3.05, 3.63) is 49.1 Å². The second-order valence-corrected chi connectivity index (χ2v) is 3.89. The van der Waals surface area contributed by atoms with Crippen LogP contribution in [0, 0.1) is 0 Å². The predicted molar refractivity (Wildman–Crippen MR) is 67.5 cm³/mol. The van der Waals surface area contributed by atoms with Crippen LogP contribution < -0.4 is 4.74 Å². The largest absolute Gasteiger partial charge is 0.447 e. The molecule has 0 radical (unpaired) electrons. The van der Waals surface area contributed by atoms with Crippen LogP contribution in [0.15, 0.2) is 53.5 Å². The van der Waals surface area contributed by atoms with Crippen molar-refractivity contribution in [1.82, 2.24) is 19.7 Å². The molecular weight excluding hydrogens is 244 g/mol. The Morgan fingerprint density at radius 3 is 2.84 bits per heavy atom. The van der Waals surface area contributed by atoms with Gasteiger partial charge < -0.3 is 13.7 Å². The Bertz CT molecular complexity index is 619. The molecule has 0 spiro atoms. The SMILES string of the molecule is c1ccc(-c2nnc(OCCn3ccnc3)o2)cc1. The minimum absolute atomic E-state index is 0.180. The van der Waals surface area contributed by atoms with E-state index in [1.54, 1.807) is 12.5 Å². The first-order chi connectivity index (χ1) is 9.42. The quantitative estimate of drug-likeness (QED) is 0.698. The van der Waals surface area contributed by atoms with E-state index in [1.807, 2.05) is 41.1 Å². The van der Waals surface area contributed by atoms with Crippen molar-refractivity contribution >= 4 is 0 Å². The van der Waals surface area contributed by atoms with Gasteiger partial charge in [0.1, 0.15) is 6.61 Å². The Kier molecular flexibility index (Phi) is 3.22. The maximum absolute atomic E-state index is 5.42. The van der Waals surface area contributed by atoms with Crippen molar-refractivity contribution in [1.29, 1.82) is 0 Å². The molecule has 0 aliphatic carbocycles. The van der Waals surface area contributed by atoms with Crippen LogP contribution in [0.25, 0.3) is 11.5 Å². The Balaban J connectivity index is 1.59. The van der Waals surface area contributed by atoms with Crippen LogP contribution in [0.5, 0.6) is 6.08 Å². The van der Waals surface area contributed by atoms with Gasteiger partial charge in [0.05, 0.1) is 12.9 Å². The zero-order valence-corrected chi connectivity index (χ0v) is 10.1. The molecule has 0 bridgehead atoms. The lowest BCUT2D eigenvalue weighted by molar-refractivity contribution is 0.222. The fourth-order valence-electron chi connectivity index (χ4n) is 1.62. The average molecular weight is 256 g/mol. The maximum atomic E-state index is 5.42. The molecule has 6 nitrogen and oxygen atoms in total. The highest BCUT2D eigenvalue weighted by Crippen LogP contribution is 2.20. The van der Waals surface area contributed by atoms with Gasteiger partial charge in [-0.15, -0.1) is 5.10 Å². The topological polar surface area (TPSA) is 66.0 Å². The molecule has 0 atom stereocenters. The highest BCUT2D eigenvalue weighted by Gasteiger charge is 2.08. The third kappa shape index (κ3) is 2.79. The van der Waals surface area contributed by atoms with Crippen LogP contribution in [0.3, 0.4) is 0 Å². The normalized spacial score (nSPS) is 10.5. The van der Waals surface area contributed by atoms with E-state index in [-0.39, 0.29) is 6.08 Å². The fourth-order valence-corrected chi connectivity index (χ4v) is 1.62. The summed E-state index contributed by atoms with van der Waals surface area (Å²) in [4.78, 5) is 3.95. The summed E-state index contributed by atoms with van der Waals surface area (Å²) in [6.45, 7) is 1.13. The summed E-state index contributed by atoms with van der Waals surface area (Å²) in [5, 5.41) is 7.79. The van der Waals surface area contributed by atoms with Crippen LogP contribution in [0.4, 0.5) is 0 Å². The predicted octanol–water partition coefficient (Wildman–Crippen LogP) is 2.01. The summed E-state index contributed by atoms with van der Waals surface area (Å²) >= 11 is 0. The Morgan fingerprint density at radius 1 is 1.16 bits per heavy atom. The molecule has 0 unspecified atom stereocenters. The summed E-state index contributed by atoms with van der Waals surface area (Å²) in [5.74, 6) is 0.457. The molecule has 96 valence electrons. The van der Waals surface area contributed by atoms with Gasteiger partial charge in [0.2, 0.25) is 0 Å². The van der Waals surface area contributed by atoms with Gasteiger partial charge in [0.25, 0.3) is 5.89 Å². The van der Waals surface area contributed by atoms with Gasteiger partial charge in [-0.05, 0) is 12.1 Å². The van der Waals surface area contributed by atoms with Crippen molar-refractivity contribution in [3.8, 4) is 17.5 Å². The lowest BCUT2D eigenvalue weighted by atomic mass is 10.2. The third-order valence-corrected chi connectivity index (χ3v) is 2.56. The van der Waals surface area contributed by atoms with E-state index < -0.39 is 0 Å². The molecule has 1 aromatic carbocycles. The van der Waals surface area contributed by atoms with E-state index in [4.69, 9.17) is 9.15 Å². The number of hydrogen-bond donors (Lipinski definition) is 0. The standard InChI is InChI=1S/C13H12N4O2/c1-2-4-11(5-3-1)12-15-16-13(19-12)18-9-8-17-7-6-14-10-17/h1-7,10H,8-9H2. The second-order valence-electron chi connectivity index (χ2n) is 3.89. The van der Waals surface area contributed by atoms with Gasteiger partial charge in [-0.25, -0.2) is 4.98 Å². The van der Waals surface area contributed by atoms with Gasteiger partial charge in [0.15, 0.2) is 0 Å². The first-order valence-electron chi connectivity index (χ1n) is 5.89. The lowest BCUT2D eigenvalue weighted by Crippen LogP contribution is -2.06. The van der Waals surface area contributed by atoms with Gasteiger partial charge in [-0.2, -0.15) is 0 Å². The van der Waals surface area contributed by atoms with E-state index in [9.17, 15) is 0 Å². The van der Waals surface area contributed by atoms with E-state index in [2.05, 4.69) is 15.2 Å². The third-order valence-electron chi connectivity index (χ3n) is 2.56. The molecule has 6 heteroatoms. The van der Waals surface area contributed by atoms with Crippen LogP contribution in [-0.4, -0.2) is 26.4 Å². The average Bonchev–Trinajstić information content (AvgIpc) is 3.11. The molecule has 3 aromatic rings. The molecule has 0 N–H and O–H groups in total. The first kappa shape index (κ1) is 11.5. The molecule has 0 aliphatic rings. The number of hydrogen-bond acceptors (Lipinski definition) is 5. The first-order valence-corrected chi connectivity index (χ1v) is 5.89. The number of imidazole rings is 1. The molecule has 0 amide bonds. The van der Waals surface area contributed by atoms with Crippen molar-refractivity contribution in [2.45, 2.75) is 6.54 Å². The zero-order chi connectivity index (χ0) is 12.9. The molecule has 0 fully saturated rings. The molecular formula is C13H12N4O2. The summed E-state index contributed by atoms with van der Waals surface area (Å²) < 4.78 is 12.7. The summed E-state index contributed by atoms with van der Waals surface area (Å²) in [6.07, 6.45) is 5.50. The van der Waals surface area contributed by atoms with Crippen LogP contribution in [-0.2, 0) is 6.54 Å². The van der Waals surface area contributed by atoms with Crippen molar-refractivity contribution < 1.29 is 9.15 Å². The van der Waals surface area contributed by atoms with Gasteiger partial charge in [-0.1, -0.05) is 23.3 Å². The van der Waals surface area contributed by atoms with Gasteiger partial charge in [-0.3, -0.25) is 0 Å². The van der Waals surface area contributed by atoms with Crippen molar-refractivity contribution in [2.24, 2.45) is 0 Å². The number of aromatic nitrogens is 4. The summed E-state index contributed by atoms with van der Waals surface area (Å²) in [5.41, 5.74) is 0.874. The lowest BCUT2D eigenvalue weighted by Gasteiger charge is -2.01. The molecule has 19 heavy (non-hydrogen) atoms. The summed E-state index contributed by atoms with van der Waals surface area (Å²) in [6, 6.07) is 9.58. The molecule has 2 aromatic heterocycles. The second kappa shape index (κ2) is 5.34. The Hall–Kier alpha value is -2.63. The summed E-state index contributed by atoms with van der Waals surface area (Å²) in [7, 11) is 0. The maximum Gasteiger partial charge on any atom is 0.414 e. The zero-order valence-electron chi connectivity index (χ0n) is 10.1. The Labute approximate surface area is 109 Å². The minimum Gasteiger partial charge on any atom is -0.447 e. The molecule has 0 saturated carbocycles. The molecule has 0 saturated heterocycles. The molecule has 2 heterocycles. The highest BCUT2D eigenvalue weighted by molar-refractivity contribution is 5.51. The number of nitrogens with zero attached hydrogens (tertiary/aromatic N) is 4. The minimum atomic E-state index is 0.180. The molecule has 3 rings (SSSR count). The fraction of sp³-hybridized carbons (Fsp3) is 0.154.